The highest BCUT2D eigenvalue weighted by Gasteiger charge is 1.99. The van der Waals surface area contributed by atoms with Crippen molar-refractivity contribution >= 4 is 23.0 Å². The van der Waals surface area contributed by atoms with Crippen LogP contribution in [0.4, 0.5) is 0 Å². The van der Waals surface area contributed by atoms with E-state index in [4.69, 9.17) is 12.2 Å². The molecular weight excluding hydrogens is 210 g/mol. The van der Waals surface area contributed by atoms with Crippen LogP contribution in [-0.4, -0.2) is 39.8 Å². The summed E-state index contributed by atoms with van der Waals surface area (Å²) in [6, 6.07) is 1.79. The molecule has 0 saturated heterocycles. The summed E-state index contributed by atoms with van der Waals surface area (Å²) in [4.78, 5) is 9.66. The third kappa shape index (κ3) is 3.59. The summed E-state index contributed by atoms with van der Waals surface area (Å²) in [6.45, 7) is 1.85. The largest absolute Gasteiger partial charge is 0.354 e. The molecule has 1 rings (SSSR count). The van der Waals surface area contributed by atoms with E-state index in [9.17, 15) is 0 Å². The maximum Gasteiger partial charge on any atom is 0.189 e. The van der Waals surface area contributed by atoms with Crippen LogP contribution in [0.5, 0.6) is 0 Å². The number of aromatic nitrogens is 2. The number of hydrazone groups is 1. The highest BCUT2D eigenvalue weighted by atomic mass is 32.1. The molecule has 80 valence electrons. The first-order valence-electron chi connectivity index (χ1n) is 4.39. The summed E-state index contributed by atoms with van der Waals surface area (Å²) in [5.41, 5.74) is 4.31. The van der Waals surface area contributed by atoms with E-state index in [1.807, 2.05) is 21.0 Å². The molecule has 0 aliphatic heterocycles. The number of thiocarbonyl (C=S) groups is 1. The Hall–Kier alpha value is -1.56. The lowest BCUT2D eigenvalue weighted by molar-refractivity contribution is 0.606. The quantitative estimate of drug-likeness (QED) is 0.453. The van der Waals surface area contributed by atoms with Gasteiger partial charge in [-0.1, -0.05) is 0 Å². The average Bonchev–Trinajstić information content (AvgIpc) is 2.26. The highest BCUT2D eigenvalue weighted by Crippen LogP contribution is 1.93. The van der Waals surface area contributed by atoms with Crippen molar-refractivity contribution in [3.8, 4) is 0 Å². The molecule has 0 aliphatic carbocycles. The minimum Gasteiger partial charge on any atom is -0.354 e. The first-order chi connectivity index (χ1) is 7.11. The fraction of sp³-hybridized carbons (Fsp3) is 0.333. The lowest BCUT2D eigenvalue weighted by atomic mass is 10.3. The van der Waals surface area contributed by atoms with Crippen molar-refractivity contribution in [1.29, 1.82) is 0 Å². The maximum atomic E-state index is 5.02. The van der Waals surface area contributed by atoms with E-state index in [2.05, 4.69) is 20.5 Å². The van der Waals surface area contributed by atoms with Gasteiger partial charge < -0.3 is 4.90 Å². The molecule has 0 amide bonds. The molecule has 1 aromatic heterocycles. The summed E-state index contributed by atoms with van der Waals surface area (Å²) in [5.74, 6) is 0. The Labute approximate surface area is 94.2 Å². The van der Waals surface area contributed by atoms with Gasteiger partial charge in [0, 0.05) is 20.3 Å². The van der Waals surface area contributed by atoms with Crippen molar-refractivity contribution in [2.45, 2.75) is 6.92 Å². The van der Waals surface area contributed by atoms with Gasteiger partial charge in [0.1, 0.15) is 6.33 Å². The maximum absolute atomic E-state index is 5.02. The van der Waals surface area contributed by atoms with E-state index >= 15 is 0 Å². The first-order valence-corrected chi connectivity index (χ1v) is 4.80. The van der Waals surface area contributed by atoms with Gasteiger partial charge in [0.05, 0.1) is 11.4 Å². The average molecular weight is 223 g/mol. The molecule has 0 bridgehead atoms. The van der Waals surface area contributed by atoms with Crippen LogP contribution in [0.1, 0.15) is 12.6 Å². The summed E-state index contributed by atoms with van der Waals surface area (Å²) in [5, 5.41) is 4.67. The van der Waals surface area contributed by atoms with Crippen LogP contribution in [0, 0.1) is 0 Å². The second-order valence-corrected chi connectivity index (χ2v) is 3.49. The van der Waals surface area contributed by atoms with Crippen LogP contribution in [0.3, 0.4) is 0 Å². The molecule has 0 spiro atoms. The third-order valence-electron chi connectivity index (χ3n) is 1.68. The van der Waals surface area contributed by atoms with Crippen molar-refractivity contribution in [1.82, 2.24) is 20.3 Å². The number of nitrogens with one attached hydrogen (secondary N) is 1. The van der Waals surface area contributed by atoms with Crippen molar-refractivity contribution in [3.05, 3.63) is 24.3 Å². The second-order valence-electron chi connectivity index (χ2n) is 3.10. The monoisotopic (exact) mass is 223 g/mol. The number of hydrogen-bond donors (Lipinski definition) is 1. The SMILES string of the molecule is C/C(=N\NC(=S)N(C)C)c1ccncn1. The van der Waals surface area contributed by atoms with Crippen LogP contribution < -0.4 is 5.43 Å². The molecule has 1 N–H and O–H groups in total. The Morgan fingerprint density at radius 1 is 1.53 bits per heavy atom. The van der Waals surface area contributed by atoms with Crippen LogP contribution in [-0.2, 0) is 0 Å². The normalized spacial score (nSPS) is 11.0. The molecule has 0 saturated carbocycles. The molecular formula is C9H13N5S. The topological polar surface area (TPSA) is 53.4 Å². The van der Waals surface area contributed by atoms with Gasteiger partial charge in [-0.25, -0.2) is 9.97 Å². The second kappa shape index (κ2) is 5.35. The highest BCUT2D eigenvalue weighted by molar-refractivity contribution is 7.80. The molecule has 6 heteroatoms. The fourth-order valence-corrected chi connectivity index (χ4v) is 0.839. The van der Waals surface area contributed by atoms with Gasteiger partial charge in [-0.2, -0.15) is 5.10 Å². The predicted molar refractivity (Wildman–Crippen MR) is 63.7 cm³/mol. The summed E-state index contributed by atoms with van der Waals surface area (Å²) < 4.78 is 0. The van der Waals surface area contributed by atoms with Crippen LogP contribution in [0.25, 0.3) is 0 Å². The number of nitrogens with zero attached hydrogens (tertiary/aromatic N) is 4. The van der Waals surface area contributed by atoms with E-state index < -0.39 is 0 Å². The minimum atomic E-state index is 0.559. The van der Waals surface area contributed by atoms with E-state index in [1.165, 1.54) is 6.33 Å². The molecule has 5 nitrogen and oxygen atoms in total. The Morgan fingerprint density at radius 3 is 2.80 bits per heavy atom. The van der Waals surface area contributed by atoms with Gasteiger partial charge >= 0.3 is 0 Å². The van der Waals surface area contributed by atoms with Gasteiger partial charge in [0.2, 0.25) is 0 Å². The van der Waals surface area contributed by atoms with E-state index in [0.717, 1.165) is 11.4 Å². The molecule has 1 aromatic rings. The van der Waals surface area contributed by atoms with E-state index in [-0.39, 0.29) is 0 Å². The molecule has 0 aliphatic rings. The third-order valence-corrected chi connectivity index (χ3v) is 2.13. The Morgan fingerprint density at radius 2 is 2.27 bits per heavy atom. The Kier molecular flexibility index (Phi) is 4.11. The summed E-state index contributed by atoms with van der Waals surface area (Å²) >= 11 is 5.02. The smallest absolute Gasteiger partial charge is 0.189 e. The van der Waals surface area contributed by atoms with Crippen molar-refractivity contribution in [2.75, 3.05) is 14.1 Å². The van der Waals surface area contributed by atoms with Gasteiger partial charge in [0.15, 0.2) is 5.11 Å². The molecule has 1 heterocycles. The van der Waals surface area contributed by atoms with Gasteiger partial charge in [0.25, 0.3) is 0 Å². The first kappa shape index (κ1) is 11.5. The van der Waals surface area contributed by atoms with E-state index in [0.29, 0.717) is 5.11 Å². The van der Waals surface area contributed by atoms with Crippen LogP contribution in [0.2, 0.25) is 0 Å². The Balaban J connectivity index is 2.65. The van der Waals surface area contributed by atoms with Crippen molar-refractivity contribution < 1.29 is 0 Å². The summed E-state index contributed by atoms with van der Waals surface area (Å²) in [7, 11) is 3.70. The Bertz CT molecular complexity index is 360. The van der Waals surface area contributed by atoms with Crippen LogP contribution >= 0.6 is 12.2 Å². The molecule has 15 heavy (non-hydrogen) atoms. The molecule has 0 unspecified atom stereocenters. The lowest BCUT2D eigenvalue weighted by Crippen LogP contribution is -2.31. The molecule has 0 aromatic carbocycles. The molecule has 0 atom stereocenters. The molecule has 0 fully saturated rings. The van der Waals surface area contributed by atoms with Crippen molar-refractivity contribution in [2.24, 2.45) is 5.10 Å². The van der Waals surface area contributed by atoms with Gasteiger partial charge in [-0.15, -0.1) is 0 Å². The van der Waals surface area contributed by atoms with E-state index in [1.54, 1.807) is 17.2 Å². The predicted octanol–water partition coefficient (Wildman–Crippen LogP) is 0.637. The fourth-order valence-electron chi connectivity index (χ4n) is 0.794. The minimum absolute atomic E-state index is 0.559. The summed E-state index contributed by atoms with van der Waals surface area (Å²) in [6.07, 6.45) is 3.16. The number of rotatable bonds is 2. The van der Waals surface area contributed by atoms with Gasteiger partial charge in [-0.05, 0) is 25.2 Å². The zero-order valence-corrected chi connectivity index (χ0v) is 9.75. The molecule has 0 radical (unpaired) electrons. The van der Waals surface area contributed by atoms with Gasteiger partial charge in [-0.3, -0.25) is 5.43 Å². The van der Waals surface area contributed by atoms with Crippen LogP contribution in [0.15, 0.2) is 23.7 Å². The number of hydrogen-bond acceptors (Lipinski definition) is 4. The standard InChI is InChI=1S/C9H13N5S/c1-7(8-4-5-10-6-11-8)12-13-9(15)14(2)3/h4-6H,1-3H3,(H,13,15)/b12-7+. The lowest BCUT2D eigenvalue weighted by Gasteiger charge is -2.12. The zero-order valence-electron chi connectivity index (χ0n) is 8.93. The van der Waals surface area contributed by atoms with Crippen molar-refractivity contribution in [3.63, 3.8) is 0 Å². The zero-order chi connectivity index (χ0) is 11.3.